The van der Waals surface area contributed by atoms with Gasteiger partial charge in [-0.3, -0.25) is 14.4 Å². The second kappa shape index (κ2) is 9.97. The van der Waals surface area contributed by atoms with Crippen LogP contribution in [-0.4, -0.2) is 54.1 Å². The number of aldehydes is 1. The van der Waals surface area contributed by atoms with Gasteiger partial charge in [-0.05, 0) is 43.4 Å². The van der Waals surface area contributed by atoms with Crippen LogP contribution in [0.1, 0.15) is 31.2 Å². The Morgan fingerprint density at radius 1 is 1.19 bits per heavy atom. The van der Waals surface area contributed by atoms with Crippen LogP contribution in [0.5, 0.6) is 0 Å². The van der Waals surface area contributed by atoms with Crippen LogP contribution < -0.4 is 16.8 Å². The predicted octanol–water partition coefficient (Wildman–Crippen LogP) is 1.07. The van der Waals surface area contributed by atoms with Gasteiger partial charge in [-0.2, -0.15) is 0 Å². The lowest BCUT2D eigenvalue weighted by molar-refractivity contribution is -0.129. The van der Waals surface area contributed by atoms with Crippen molar-refractivity contribution in [3.8, 4) is 0 Å². The molecule has 0 bridgehead atoms. The highest BCUT2D eigenvalue weighted by Crippen LogP contribution is 2.29. The topological polar surface area (TPSA) is 122 Å². The highest BCUT2D eigenvalue weighted by Gasteiger charge is 2.35. The summed E-state index contributed by atoms with van der Waals surface area (Å²) in [6.07, 6.45) is 7.04. The molecule has 5 N–H and O–H groups in total. The fourth-order valence-electron chi connectivity index (χ4n) is 3.56. The monoisotopic (exact) mass is 423 g/mol. The quantitative estimate of drug-likeness (QED) is 0.425. The summed E-state index contributed by atoms with van der Waals surface area (Å²) in [5.41, 5.74) is 14.1. The minimum Gasteiger partial charge on any atom is -0.398 e. The number of carbonyl (C=O) groups is 3. The lowest BCUT2D eigenvalue weighted by Crippen LogP contribution is -2.45. The molecule has 0 saturated heterocycles. The van der Waals surface area contributed by atoms with Crippen LogP contribution >= 0.6 is 0 Å². The van der Waals surface area contributed by atoms with Gasteiger partial charge in [0.25, 0.3) is 5.91 Å². The molecule has 1 aliphatic heterocycles. The minimum absolute atomic E-state index is 0.0661. The number of nitrogens with two attached hydrogens (primary N) is 2. The van der Waals surface area contributed by atoms with Crippen molar-refractivity contribution in [2.45, 2.75) is 31.7 Å². The van der Waals surface area contributed by atoms with E-state index in [-0.39, 0.29) is 30.2 Å². The third-order valence-corrected chi connectivity index (χ3v) is 5.42. The summed E-state index contributed by atoms with van der Waals surface area (Å²) < 4.78 is 0. The lowest BCUT2D eigenvalue weighted by Gasteiger charge is -2.33. The van der Waals surface area contributed by atoms with Gasteiger partial charge in [0.1, 0.15) is 17.8 Å². The van der Waals surface area contributed by atoms with Crippen molar-refractivity contribution < 1.29 is 14.4 Å². The van der Waals surface area contributed by atoms with Crippen LogP contribution in [-0.2, 0) is 14.4 Å². The van der Waals surface area contributed by atoms with Crippen molar-refractivity contribution in [2.75, 3.05) is 20.1 Å². The maximum atomic E-state index is 13.0. The molecule has 0 spiro atoms. The molecule has 1 fully saturated rings. The number of allylic oxidation sites excluding steroid dienone is 3. The summed E-state index contributed by atoms with van der Waals surface area (Å²) in [6, 6.07) is 9.62. The SMILES string of the molecule is CN(C(=O)C1=C(C=O)CCCN1CC(=O)N/C(N)=C/C=C(\N)c1ccccc1)C1CC1. The zero-order valence-corrected chi connectivity index (χ0v) is 17.7. The number of rotatable bonds is 8. The molecule has 0 radical (unpaired) electrons. The maximum absolute atomic E-state index is 13.0. The first-order valence-corrected chi connectivity index (χ1v) is 10.4. The Kier molecular flexibility index (Phi) is 7.12. The van der Waals surface area contributed by atoms with Crippen molar-refractivity contribution in [3.63, 3.8) is 0 Å². The van der Waals surface area contributed by atoms with Gasteiger partial charge in [0.05, 0.1) is 6.54 Å². The molecule has 31 heavy (non-hydrogen) atoms. The Morgan fingerprint density at radius 2 is 1.90 bits per heavy atom. The van der Waals surface area contributed by atoms with Gasteiger partial charge in [-0.25, -0.2) is 0 Å². The Bertz CT molecular complexity index is 932. The van der Waals surface area contributed by atoms with Crippen LogP contribution in [0.3, 0.4) is 0 Å². The van der Waals surface area contributed by atoms with E-state index in [1.165, 1.54) is 6.08 Å². The first kappa shape index (κ1) is 22.1. The molecule has 0 unspecified atom stereocenters. The fraction of sp³-hybridized carbons (Fsp3) is 0.348. The number of carbonyl (C=O) groups excluding carboxylic acids is 3. The molecule has 1 heterocycles. The normalized spacial score (nSPS) is 17.4. The molecule has 1 aliphatic carbocycles. The van der Waals surface area contributed by atoms with E-state index < -0.39 is 0 Å². The van der Waals surface area contributed by atoms with Crippen LogP contribution in [0, 0.1) is 0 Å². The number of amides is 2. The lowest BCUT2D eigenvalue weighted by atomic mass is 10.0. The summed E-state index contributed by atoms with van der Waals surface area (Å²) in [5, 5.41) is 2.61. The number of likely N-dealkylation sites (N-methyl/N-ethyl adjacent to an activating group) is 1. The first-order valence-electron chi connectivity index (χ1n) is 10.4. The summed E-state index contributed by atoms with van der Waals surface area (Å²) in [6.45, 7) is 0.457. The largest absolute Gasteiger partial charge is 0.398 e. The molecule has 3 rings (SSSR count). The summed E-state index contributed by atoms with van der Waals surface area (Å²) >= 11 is 0. The third-order valence-electron chi connectivity index (χ3n) is 5.42. The van der Waals surface area contributed by atoms with Gasteiger partial charge in [-0.1, -0.05) is 30.3 Å². The van der Waals surface area contributed by atoms with E-state index in [1.54, 1.807) is 22.9 Å². The highest BCUT2D eigenvalue weighted by atomic mass is 16.2. The van der Waals surface area contributed by atoms with Crippen LogP contribution in [0.15, 0.2) is 59.6 Å². The average Bonchev–Trinajstić information content (AvgIpc) is 3.62. The van der Waals surface area contributed by atoms with Crippen molar-refractivity contribution in [3.05, 3.63) is 65.1 Å². The molecule has 0 atom stereocenters. The van der Waals surface area contributed by atoms with E-state index >= 15 is 0 Å². The zero-order valence-electron chi connectivity index (χ0n) is 17.7. The Labute approximate surface area is 182 Å². The Hall–Kier alpha value is -3.55. The highest BCUT2D eigenvalue weighted by molar-refractivity contribution is 5.99. The second-order valence-electron chi connectivity index (χ2n) is 7.82. The average molecular weight is 424 g/mol. The summed E-state index contributed by atoms with van der Waals surface area (Å²) in [7, 11) is 1.74. The molecular weight excluding hydrogens is 394 g/mol. The fourth-order valence-corrected chi connectivity index (χ4v) is 3.56. The first-order chi connectivity index (χ1) is 14.9. The number of nitrogens with one attached hydrogen (secondary N) is 1. The summed E-state index contributed by atoms with van der Waals surface area (Å²) in [5.74, 6) is -0.436. The molecule has 1 aromatic rings. The zero-order chi connectivity index (χ0) is 22.4. The van der Waals surface area contributed by atoms with Crippen LogP contribution in [0.25, 0.3) is 5.70 Å². The number of hydrogen-bond donors (Lipinski definition) is 3. The van der Waals surface area contributed by atoms with Gasteiger partial charge in [0, 0.05) is 30.9 Å². The molecule has 8 nitrogen and oxygen atoms in total. The Morgan fingerprint density at radius 3 is 2.55 bits per heavy atom. The molecule has 2 aliphatic rings. The smallest absolute Gasteiger partial charge is 0.270 e. The second-order valence-corrected chi connectivity index (χ2v) is 7.82. The Balaban J connectivity index is 1.66. The third kappa shape index (κ3) is 5.75. The van der Waals surface area contributed by atoms with E-state index in [0.717, 1.165) is 24.7 Å². The van der Waals surface area contributed by atoms with Crippen molar-refractivity contribution >= 4 is 23.8 Å². The van der Waals surface area contributed by atoms with E-state index in [2.05, 4.69) is 5.32 Å². The van der Waals surface area contributed by atoms with E-state index in [9.17, 15) is 14.4 Å². The van der Waals surface area contributed by atoms with Gasteiger partial charge in [0.15, 0.2) is 0 Å². The molecule has 1 aromatic carbocycles. The molecule has 2 amide bonds. The number of nitrogens with zero attached hydrogens (tertiary/aromatic N) is 2. The van der Waals surface area contributed by atoms with Crippen LogP contribution in [0.4, 0.5) is 0 Å². The number of benzene rings is 1. The molecular formula is C23H29N5O3. The molecule has 164 valence electrons. The molecule has 0 aromatic heterocycles. The minimum atomic E-state index is -0.369. The van der Waals surface area contributed by atoms with E-state index in [1.807, 2.05) is 30.3 Å². The van der Waals surface area contributed by atoms with Gasteiger partial charge in [-0.15, -0.1) is 0 Å². The summed E-state index contributed by atoms with van der Waals surface area (Å²) in [4.78, 5) is 40.4. The van der Waals surface area contributed by atoms with Gasteiger partial charge < -0.3 is 26.6 Å². The van der Waals surface area contributed by atoms with Gasteiger partial charge in [0.2, 0.25) is 5.91 Å². The van der Waals surface area contributed by atoms with E-state index in [0.29, 0.717) is 36.4 Å². The maximum Gasteiger partial charge on any atom is 0.270 e. The van der Waals surface area contributed by atoms with Gasteiger partial charge >= 0.3 is 0 Å². The standard InChI is InChI=1S/C23H29N5O3/c1-27(18-9-10-18)23(31)22-17(15-29)8-5-13-28(22)14-21(30)26-20(25)12-11-19(24)16-6-3-2-4-7-16/h2-4,6-7,11-12,15,18H,5,8-10,13-14,24-25H2,1H3,(H,26,30)/b19-11-,20-12+. The van der Waals surface area contributed by atoms with Crippen molar-refractivity contribution in [1.82, 2.24) is 15.1 Å². The van der Waals surface area contributed by atoms with Crippen molar-refractivity contribution in [1.29, 1.82) is 0 Å². The molecule has 1 saturated carbocycles. The van der Waals surface area contributed by atoms with E-state index in [4.69, 9.17) is 11.5 Å². The van der Waals surface area contributed by atoms with Crippen molar-refractivity contribution in [2.24, 2.45) is 11.5 Å². The number of hydrogen-bond acceptors (Lipinski definition) is 6. The van der Waals surface area contributed by atoms with Crippen LogP contribution in [0.2, 0.25) is 0 Å². The molecule has 8 heteroatoms. The predicted molar refractivity (Wildman–Crippen MR) is 119 cm³/mol.